The topological polar surface area (TPSA) is 94.6 Å². The lowest BCUT2D eigenvalue weighted by atomic mass is 10.0. The van der Waals surface area contributed by atoms with Crippen molar-refractivity contribution in [3.63, 3.8) is 0 Å². The Balaban J connectivity index is 1.52. The summed E-state index contributed by atoms with van der Waals surface area (Å²) in [5.41, 5.74) is 4.17. The van der Waals surface area contributed by atoms with Gasteiger partial charge in [-0.3, -0.25) is 19.9 Å². The van der Waals surface area contributed by atoms with Gasteiger partial charge >= 0.3 is 0 Å². The Kier molecular flexibility index (Phi) is 6.21. The van der Waals surface area contributed by atoms with Crippen LogP contribution >= 0.6 is 0 Å². The standard InChI is InChI=1S/C24H29N5O2/c1-15(2)27-22(30)17-5-3-6-19(13-17)28-21-10-9-18(14-20(21)16-7-8-16)23(31)29-24-25-11-4-12-26-24/h3,5-6,9-10,13-16,28H,4,7-8,11-12H2,1-2H3,(H,27,30)(H2,25,26,29,31). The number of guanidine groups is 1. The molecule has 0 bridgehead atoms. The van der Waals surface area contributed by atoms with E-state index in [1.807, 2.05) is 50.2 Å². The second-order valence-electron chi connectivity index (χ2n) is 8.38. The summed E-state index contributed by atoms with van der Waals surface area (Å²) in [5, 5.41) is 12.3. The first kappa shape index (κ1) is 20.9. The van der Waals surface area contributed by atoms with Gasteiger partial charge in [0, 0.05) is 41.6 Å². The molecule has 0 spiro atoms. The van der Waals surface area contributed by atoms with Crippen LogP contribution in [0.5, 0.6) is 0 Å². The number of hydrogen-bond donors (Lipinski definition) is 4. The van der Waals surface area contributed by atoms with Gasteiger partial charge in [0.1, 0.15) is 0 Å². The minimum absolute atomic E-state index is 0.0825. The summed E-state index contributed by atoms with van der Waals surface area (Å²) in [4.78, 5) is 29.3. The van der Waals surface area contributed by atoms with E-state index in [1.165, 1.54) is 0 Å². The van der Waals surface area contributed by atoms with E-state index in [0.717, 1.165) is 49.3 Å². The molecule has 4 N–H and O–H groups in total. The van der Waals surface area contributed by atoms with E-state index in [-0.39, 0.29) is 17.9 Å². The van der Waals surface area contributed by atoms with Gasteiger partial charge in [-0.25, -0.2) is 0 Å². The Labute approximate surface area is 182 Å². The number of nitrogens with one attached hydrogen (secondary N) is 4. The molecule has 31 heavy (non-hydrogen) atoms. The molecule has 4 rings (SSSR count). The molecule has 7 heteroatoms. The monoisotopic (exact) mass is 419 g/mol. The average molecular weight is 420 g/mol. The molecule has 2 aromatic carbocycles. The highest BCUT2D eigenvalue weighted by Gasteiger charge is 2.27. The summed E-state index contributed by atoms with van der Waals surface area (Å²) in [7, 11) is 0. The van der Waals surface area contributed by atoms with Crippen LogP contribution in [0.2, 0.25) is 0 Å². The predicted molar refractivity (Wildman–Crippen MR) is 123 cm³/mol. The van der Waals surface area contributed by atoms with Gasteiger partial charge in [0.15, 0.2) is 5.96 Å². The second-order valence-corrected chi connectivity index (χ2v) is 8.38. The molecule has 0 unspecified atom stereocenters. The fourth-order valence-corrected chi connectivity index (χ4v) is 3.59. The molecule has 7 nitrogen and oxygen atoms in total. The van der Waals surface area contributed by atoms with Crippen LogP contribution in [0, 0.1) is 0 Å². The smallest absolute Gasteiger partial charge is 0.257 e. The lowest BCUT2D eigenvalue weighted by molar-refractivity contribution is 0.0941. The Hall–Kier alpha value is -3.35. The maximum absolute atomic E-state index is 12.7. The number of anilines is 2. The second kappa shape index (κ2) is 9.20. The molecule has 0 radical (unpaired) electrons. The highest BCUT2D eigenvalue weighted by molar-refractivity contribution is 6.06. The molecule has 1 aliphatic carbocycles. The predicted octanol–water partition coefficient (Wildman–Crippen LogP) is 3.52. The van der Waals surface area contributed by atoms with Crippen molar-refractivity contribution in [2.75, 3.05) is 18.4 Å². The highest BCUT2D eigenvalue weighted by atomic mass is 16.2. The lowest BCUT2D eigenvalue weighted by Gasteiger charge is -2.17. The van der Waals surface area contributed by atoms with Crippen molar-refractivity contribution in [3.05, 3.63) is 59.2 Å². The van der Waals surface area contributed by atoms with Crippen LogP contribution in [0.4, 0.5) is 11.4 Å². The van der Waals surface area contributed by atoms with E-state index >= 15 is 0 Å². The molecule has 1 heterocycles. The number of aliphatic imine (C=N–C) groups is 1. The first-order valence-electron chi connectivity index (χ1n) is 10.9. The minimum Gasteiger partial charge on any atom is -0.356 e. The maximum Gasteiger partial charge on any atom is 0.257 e. The van der Waals surface area contributed by atoms with Crippen LogP contribution in [0.3, 0.4) is 0 Å². The molecule has 2 aromatic rings. The number of carbonyl (C=O) groups is 2. The lowest BCUT2D eigenvalue weighted by Crippen LogP contribution is -2.43. The van der Waals surface area contributed by atoms with Crippen LogP contribution in [-0.4, -0.2) is 36.9 Å². The third-order valence-electron chi connectivity index (χ3n) is 5.28. The van der Waals surface area contributed by atoms with Gasteiger partial charge in [-0.15, -0.1) is 0 Å². The summed E-state index contributed by atoms with van der Waals surface area (Å²) >= 11 is 0. The van der Waals surface area contributed by atoms with Gasteiger partial charge in [0.25, 0.3) is 11.8 Å². The van der Waals surface area contributed by atoms with Gasteiger partial charge in [-0.1, -0.05) is 6.07 Å². The highest BCUT2D eigenvalue weighted by Crippen LogP contribution is 2.44. The van der Waals surface area contributed by atoms with Gasteiger partial charge < -0.3 is 16.0 Å². The number of rotatable bonds is 6. The van der Waals surface area contributed by atoms with Crippen molar-refractivity contribution >= 4 is 29.1 Å². The summed E-state index contributed by atoms with van der Waals surface area (Å²) in [6.45, 7) is 5.43. The first-order chi connectivity index (χ1) is 15.0. The van der Waals surface area contributed by atoms with Crippen molar-refractivity contribution in [2.24, 2.45) is 4.99 Å². The van der Waals surface area contributed by atoms with E-state index in [4.69, 9.17) is 0 Å². The molecular formula is C24H29N5O2. The van der Waals surface area contributed by atoms with Crippen molar-refractivity contribution in [3.8, 4) is 0 Å². The fraction of sp³-hybridized carbons (Fsp3) is 0.375. The molecule has 162 valence electrons. The normalized spacial score (nSPS) is 15.6. The minimum atomic E-state index is -0.158. The molecular weight excluding hydrogens is 390 g/mol. The van der Waals surface area contributed by atoms with E-state index in [2.05, 4.69) is 26.3 Å². The molecule has 0 atom stereocenters. The van der Waals surface area contributed by atoms with Crippen molar-refractivity contribution < 1.29 is 9.59 Å². The zero-order chi connectivity index (χ0) is 21.8. The summed E-state index contributed by atoms with van der Waals surface area (Å²) in [5.74, 6) is 0.747. The molecule has 0 aromatic heterocycles. The van der Waals surface area contributed by atoms with Gasteiger partial charge in [-0.2, -0.15) is 0 Å². The van der Waals surface area contributed by atoms with Gasteiger partial charge in [0.05, 0.1) is 0 Å². The molecule has 1 aliphatic heterocycles. The van der Waals surface area contributed by atoms with Crippen LogP contribution in [0.25, 0.3) is 0 Å². The number of carbonyl (C=O) groups excluding carboxylic acids is 2. The van der Waals surface area contributed by atoms with E-state index in [0.29, 0.717) is 23.0 Å². The third-order valence-corrected chi connectivity index (χ3v) is 5.28. The average Bonchev–Trinajstić information content (AvgIpc) is 3.60. The maximum atomic E-state index is 12.7. The number of amides is 2. The Morgan fingerprint density at radius 3 is 2.58 bits per heavy atom. The van der Waals surface area contributed by atoms with E-state index < -0.39 is 0 Å². The SMILES string of the molecule is CC(C)NC(=O)c1cccc(Nc2ccc(C(=O)NC3=NCCCN3)cc2C2CC2)c1. The van der Waals surface area contributed by atoms with Crippen LogP contribution in [0.15, 0.2) is 47.5 Å². The molecule has 1 fully saturated rings. The van der Waals surface area contributed by atoms with Crippen LogP contribution in [0.1, 0.15) is 65.3 Å². The largest absolute Gasteiger partial charge is 0.356 e. The summed E-state index contributed by atoms with van der Waals surface area (Å²) in [6.07, 6.45) is 3.21. The zero-order valence-electron chi connectivity index (χ0n) is 18.0. The van der Waals surface area contributed by atoms with Crippen molar-refractivity contribution in [2.45, 2.75) is 45.1 Å². The number of benzene rings is 2. The Morgan fingerprint density at radius 2 is 1.87 bits per heavy atom. The van der Waals surface area contributed by atoms with Gasteiger partial charge in [-0.05, 0) is 81.0 Å². The first-order valence-corrected chi connectivity index (χ1v) is 10.9. The third kappa shape index (κ3) is 5.42. The quantitative estimate of drug-likeness (QED) is 0.576. The summed E-state index contributed by atoms with van der Waals surface area (Å²) < 4.78 is 0. The summed E-state index contributed by atoms with van der Waals surface area (Å²) in [6, 6.07) is 13.3. The van der Waals surface area contributed by atoms with Gasteiger partial charge in [0.2, 0.25) is 0 Å². The van der Waals surface area contributed by atoms with Crippen LogP contribution < -0.4 is 21.3 Å². The molecule has 0 saturated heterocycles. The van der Waals surface area contributed by atoms with E-state index in [9.17, 15) is 9.59 Å². The van der Waals surface area contributed by atoms with Crippen molar-refractivity contribution in [1.29, 1.82) is 0 Å². The van der Waals surface area contributed by atoms with E-state index in [1.54, 1.807) is 6.07 Å². The fourth-order valence-electron chi connectivity index (χ4n) is 3.59. The molecule has 1 saturated carbocycles. The zero-order valence-corrected chi connectivity index (χ0v) is 18.0. The number of hydrogen-bond acceptors (Lipinski definition) is 5. The molecule has 2 aliphatic rings. The van der Waals surface area contributed by atoms with Crippen molar-refractivity contribution in [1.82, 2.24) is 16.0 Å². The Bertz CT molecular complexity index is 1010. The number of nitrogens with zero attached hydrogens (tertiary/aromatic N) is 1. The van der Waals surface area contributed by atoms with Crippen LogP contribution in [-0.2, 0) is 0 Å². The molecule has 2 amide bonds. The Morgan fingerprint density at radius 1 is 1.06 bits per heavy atom.